The van der Waals surface area contributed by atoms with Crippen LogP contribution < -0.4 is 5.32 Å². The summed E-state index contributed by atoms with van der Waals surface area (Å²) in [5.74, 6) is 0.571. The van der Waals surface area contributed by atoms with Gasteiger partial charge in [0.25, 0.3) is 0 Å². The molecule has 0 spiro atoms. The Morgan fingerprint density at radius 3 is 2.46 bits per heavy atom. The lowest BCUT2D eigenvalue weighted by Crippen LogP contribution is -2.55. The summed E-state index contributed by atoms with van der Waals surface area (Å²) in [7, 11) is 1.96. The zero-order valence-corrected chi connectivity index (χ0v) is 16.5. The van der Waals surface area contributed by atoms with Crippen LogP contribution in [0.1, 0.15) is 35.0 Å². The molecule has 1 aromatic heterocycles. The van der Waals surface area contributed by atoms with Gasteiger partial charge in [-0.1, -0.05) is 29.8 Å². The first-order valence-corrected chi connectivity index (χ1v) is 9.43. The van der Waals surface area contributed by atoms with Gasteiger partial charge in [0.05, 0.1) is 5.69 Å². The van der Waals surface area contributed by atoms with E-state index in [1.54, 1.807) is 0 Å². The monoisotopic (exact) mass is 354 g/mol. The fourth-order valence-electron chi connectivity index (χ4n) is 3.69. The molecular formula is C21H30N4O. The quantitative estimate of drug-likeness (QED) is 0.897. The molecule has 140 valence electrons. The Morgan fingerprint density at radius 2 is 1.88 bits per heavy atom. The molecule has 0 bridgehead atoms. The van der Waals surface area contributed by atoms with Gasteiger partial charge in [0.15, 0.2) is 0 Å². The van der Waals surface area contributed by atoms with Crippen molar-refractivity contribution in [3.8, 4) is 0 Å². The number of amides is 2. The molecule has 0 saturated carbocycles. The Bertz CT molecular complexity index is 772. The number of aryl methyl sites for hydroxylation is 3. The van der Waals surface area contributed by atoms with Gasteiger partial charge in [0.1, 0.15) is 0 Å². The standard InChI is InChI=1S/C21H30N4O/c1-14-6-8-18(9-7-14)11-19-12-25(13-19)21(26)22-15(2)10-20-16(3)23-24(5)17(20)4/h6-9,15,19H,10-13H2,1-5H3,(H,22,26). The largest absolute Gasteiger partial charge is 0.335 e. The molecule has 3 rings (SSSR count). The van der Waals surface area contributed by atoms with E-state index >= 15 is 0 Å². The van der Waals surface area contributed by atoms with Crippen LogP contribution in [0.2, 0.25) is 0 Å². The van der Waals surface area contributed by atoms with Crippen molar-refractivity contribution in [1.82, 2.24) is 20.0 Å². The van der Waals surface area contributed by atoms with Crippen molar-refractivity contribution in [3.63, 3.8) is 0 Å². The van der Waals surface area contributed by atoms with Crippen molar-refractivity contribution in [3.05, 3.63) is 52.3 Å². The highest BCUT2D eigenvalue weighted by atomic mass is 16.2. The first-order valence-electron chi connectivity index (χ1n) is 9.43. The minimum Gasteiger partial charge on any atom is -0.335 e. The highest BCUT2D eigenvalue weighted by Gasteiger charge is 2.31. The van der Waals surface area contributed by atoms with E-state index in [2.05, 4.69) is 55.5 Å². The number of carbonyl (C=O) groups excluding carboxylic acids is 1. The zero-order chi connectivity index (χ0) is 18.8. The average molecular weight is 354 g/mol. The number of nitrogens with one attached hydrogen (secondary N) is 1. The number of benzene rings is 1. The van der Waals surface area contributed by atoms with Crippen molar-refractivity contribution in [2.75, 3.05) is 13.1 Å². The summed E-state index contributed by atoms with van der Waals surface area (Å²) >= 11 is 0. The second kappa shape index (κ2) is 7.52. The molecule has 1 aromatic carbocycles. The normalized spacial score (nSPS) is 15.7. The Kier molecular flexibility index (Phi) is 5.35. The molecule has 2 amide bonds. The van der Waals surface area contributed by atoms with Gasteiger partial charge >= 0.3 is 6.03 Å². The van der Waals surface area contributed by atoms with Crippen LogP contribution in [0.5, 0.6) is 0 Å². The zero-order valence-electron chi connectivity index (χ0n) is 16.5. The van der Waals surface area contributed by atoms with E-state index in [4.69, 9.17) is 0 Å². The predicted octanol–water partition coefficient (Wildman–Crippen LogP) is 3.16. The number of urea groups is 1. The Morgan fingerprint density at radius 1 is 1.23 bits per heavy atom. The summed E-state index contributed by atoms with van der Waals surface area (Å²) in [6.07, 6.45) is 1.87. The number of aromatic nitrogens is 2. The Hall–Kier alpha value is -2.30. The number of carbonyl (C=O) groups is 1. The lowest BCUT2D eigenvalue weighted by atomic mass is 9.92. The molecule has 1 aliphatic heterocycles. The summed E-state index contributed by atoms with van der Waals surface area (Å²) in [5.41, 5.74) is 6.10. The van der Waals surface area contributed by atoms with Crippen molar-refractivity contribution in [2.45, 2.75) is 46.6 Å². The van der Waals surface area contributed by atoms with Crippen LogP contribution in [0.4, 0.5) is 4.79 Å². The highest BCUT2D eigenvalue weighted by molar-refractivity contribution is 5.75. The summed E-state index contributed by atoms with van der Waals surface area (Å²) in [5, 5.41) is 7.59. The van der Waals surface area contributed by atoms with E-state index in [0.717, 1.165) is 31.6 Å². The van der Waals surface area contributed by atoms with Crippen LogP contribution in [-0.4, -0.2) is 39.8 Å². The van der Waals surface area contributed by atoms with E-state index in [1.807, 2.05) is 23.6 Å². The van der Waals surface area contributed by atoms with Crippen molar-refractivity contribution in [2.24, 2.45) is 13.0 Å². The summed E-state index contributed by atoms with van der Waals surface area (Å²) < 4.78 is 1.91. The molecule has 1 fully saturated rings. The molecule has 5 nitrogen and oxygen atoms in total. The van der Waals surface area contributed by atoms with Crippen LogP contribution in [-0.2, 0) is 19.9 Å². The third-order valence-corrected chi connectivity index (χ3v) is 5.43. The minimum atomic E-state index is 0.0526. The third kappa shape index (κ3) is 4.09. The lowest BCUT2D eigenvalue weighted by molar-refractivity contribution is 0.118. The summed E-state index contributed by atoms with van der Waals surface area (Å²) in [4.78, 5) is 14.4. The first kappa shape index (κ1) is 18.5. The van der Waals surface area contributed by atoms with Crippen molar-refractivity contribution in [1.29, 1.82) is 0 Å². The molecule has 5 heteroatoms. The van der Waals surface area contributed by atoms with Crippen LogP contribution in [0.15, 0.2) is 24.3 Å². The van der Waals surface area contributed by atoms with Crippen LogP contribution >= 0.6 is 0 Å². The minimum absolute atomic E-state index is 0.0526. The first-order chi connectivity index (χ1) is 12.3. The third-order valence-electron chi connectivity index (χ3n) is 5.43. The van der Waals surface area contributed by atoms with Crippen LogP contribution in [0, 0.1) is 26.7 Å². The number of likely N-dealkylation sites (tertiary alicyclic amines) is 1. The topological polar surface area (TPSA) is 50.2 Å². The molecule has 2 heterocycles. The van der Waals surface area contributed by atoms with Crippen LogP contribution in [0.3, 0.4) is 0 Å². The number of hydrogen-bond acceptors (Lipinski definition) is 2. The number of rotatable bonds is 5. The highest BCUT2D eigenvalue weighted by Crippen LogP contribution is 2.21. The van der Waals surface area contributed by atoms with E-state index in [9.17, 15) is 4.79 Å². The molecule has 1 aliphatic rings. The number of hydrogen-bond donors (Lipinski definition) is 1. The van der Waals surface area contributed by atoms with Gasteiger partial charge in [-0.3, -0.25) is 4.68 Å². The summed E-state index contributed by atoms with van der Waals surface area (Å²) in [6, 6.07) is 8.85. The molecule has 1 unspecified atom stereocenters. The maximum Gasteiger partial charge on any atom is 0.317 e. The Balaban J connectivity index is 1.45. The fraction of sp³-hybridized carbons (Fsp3) is 0.524. The van der Waals surface area contributed by atoms with Gasteiger partial charge in [-0.15, -0.1) is 0 Å². The van der Waals surface area contributed by atoms with E-state index in [1.165, 1.54) is 22.4 Å². The van der Waals surface area contributed by atoms with Crippen molar-refractivity contribution >= 4 is 6.03 Å². The van der Waals surface area contributed by atoms with Crippen LogP contribution in [0.25, 0.3) is 0 Å². The van der Waals surface area contributed by atoms with E-state index in [-0.39, 0.29) is 12.1 Å². The van der Waals surface area contributed by atoms with Gasteiger partial charge in [-0.05, 0) is 57.6 Å². The maximum absolute atomic E-state index is 12.4. The predicted molar refractivity (Wildman–Crippen MR) is 104 cm³/mol. The van der Waals surface area contributed by atoms with E-state index < -0.39 is 0 Å². The maximum atomic E-state index is 12.4. The van der Waals surface area contributed by atoms with Gasteiger partial charge in [-0.2, -0.15) is 5.10 Å². The molecule has 1 N–H and O–H groups in total. The SMILES string of the molecule is Cc1ccc(CC2CN(C(=O)NC(C)Cc3c(C)nn(C)c3C)C2)cc1. The Labute approximate surface area is 156 Å². The van der Waals surface area contributed by atoms with Crippen molar-refractivity contribution < 1.29 is 4.79 Å². The second-order valence-electron chi connectivity index (χ2n) is 7.79. The number of nitrogens with zero attached hydrogens (tertiary/aromatic N) is 3. The molecule has 0 radical (unpaired) electrons. The molecule has 26 heavy (non-hydrogen) atoms. The fourth-order valence-corrected chi connectivity index (χ4v) is 3.69. The molecule has 1 saturated heterocycles. The van der Waals surface area contributed by atoms with Gasteiger partial charge in [0, 0.05) is 31.9 Å². The molecular weight excluding hydrogens is 324 g/mol. The second-order valence-corrected chi connectivity index (χ2v) is 7.79. The molecule has 0 aliphatic carbocycles. The smallest absolute Gasteiger partial charge is 0.317 e. The van der Waals surface area contributed by atoms with Gasteiger partial charge < -0.3 is 10.2 Å². The molecule has 1 atom stereocenters. The van der Waals surface area contributed by atoms with Gasteiger partial charge in [0.2, 0.25) is 0 Å². The molecule has 2 aromatic rings. The lowest BCUT2D eigenvalue weighted by Gasteiger charge is -2.40. The average Bonchev–Trinajstić information content (AvgIpc) is 2.78. The summed E-state index contributed by atoms with van der Waals surface area (Å²) in [6.45, 7) is 9.97. The van der Waals surface area contributed by atoms with E-state index in [0.29, 0.717) is 5.92 Å². The van der Waals surface area contributed by atoms with Gasteiger partial charge in [-0.25, -0.2) is 4.79 Å².